The lowest BCUT2D eigenvalue weighted by Gasteiger charge is -2.30. The number of benzene rings is 2. The van der Waals surface area contributed by atoms with Crippen LogP contribution < -0.4 is 9.64 Å². The van der Waals surface area contributed by atoms with Crippen molar-refractivity contribution >= 4 is 18.4 Å². The number of methoxy groups -OCH3 is 1. The zero-order valence-electron chi connectivity index (χ0n) is 19.4. The van der Waals surface area contributed by atoms with E-state index in [9.17, 15) is 0 Å². The summed E-state index contributed by atoms with van der Waals surface area (Å²) in [6, 6.07) is 14.9. The van der Waals surface area contributed by atoms with Gasteiger partial charge in [-0.1, -0.05) is 24.3 Å². The molecule has 5 rings (SSSR count). The second-order valence-corrected chi connectivity index (χ2v) is 8.52. The van der Waals surface area contributed by atoms with Gasteiger partial charge in [0.25, 0.3) is 0 Å². The minimum Gasteiger partial charge on any atom is -0.495 e. The van der Waals surface area contributed by atoms with E-state index in [2.05, 4.69) is 48.0 Å². The first-order valence-electron chi connectivity index (χ1n) is 11.0. The summed E-state index contributed by atoms with van der Waals surface area (Å²) >= 11 is 0. The Balaban J connectivity index is 0.00000259. The van der Waals surface area contributed by atoms with Gasteiger partial charge in [0.05, 0.1) is 30.9 Å². The van der Waals surface area contributed by atoms with E-state index >= 15 is 0 Å². The number of hydrogen-bond acceptors (Lipinski definition) is 5. The van der Waals surface area contributed by atoms with Gasteiger partial charge in [-0.15, -0.1) is 17.5 Å². The average Bonchev–Trinajstić information content (AvgIpc) is 3.45. The summed E-state index contributed by atoms with van der Waals surface area (Å²) in [5, 5.41) is 4.88. The van der Waals surface area contributed by atoms with Crippen molar-refractivity contribution in [2.45, 2.75) is 39.8 Å². The zero-order valence-corrected chi connectivity index (χ0v) is 20.2. The van der Waals surface area contributed by atoms with E-state index in [1.165, 1.54) is 11.1 Å². The first kappa shape index (κ1) is 22.9. The number of aryl methyl sites for hydroxylation is 1. The van der Waals surface area contributed by atoms with Crippen LogP contribution in [0.4, 0.5) is 5.95 Å². The van der Waals surface area contributed by atoms with Crippen LogP contribution in [0.3, 0.4) is 0 Å². The summed E-state index contributed by atoms with van der Waals surface area (Å²) < 4.78 is 9.69. The molecule has 0 radical (unpaired) electrons. The monoisotopic (exact) mass is 464 g/mol. The molecule has 4 aromatic rings. The Labute approximate surface area is 200 Å². The molecule has 172 valence electrons. The van der Waals surface area contributed by atoms with Gasteiger partial charge in [-0.05, 0) is 56.5 Å². The molecule has 0 aliphatic carbocycles. The fraction of sp³-hybridized carbons (Fsp3) is 0.320. The number of ether oxygens (including phenoxy) is 1. The van der Waals surface area contributed by atoms with Crippen molar-refractivity contribution in [3.63, 3.8) is 0 Å². The van der Waals surface area contributed by atoms with Crippen molar-refractivity contribution in [3.05, 3.63) is 71.8 Å². The molecule has 8 heteroatoms. The molecule has 2 aromatic carbocycles. The van der Waals surface area contributed by atoms with Gasteiger partial charge in [0.2, 0.25) is 5.95 Å². The predicted octanol–water partition coefficient (Wildman–Crippen LogP) is 5.01. The van der Waals surface area contributed by atoms with E-state index in [1.54, 1.807) is 13.4 Å². The summed E-state index contributed by atoms with van der Waals surface area (Å²) in [4.78, 5) is 11.6. The molecule has 0 bridgehead atoms. The van der Waals surface area contributed by atoms with Crippen LogP contribution in [-0.2, 0) is 13.0 Å². The van der Waals surface area contributed by atoms with Crippen molar-refractivity contribution in [3.8, 4) is 22.8 Å². The molecule has 1 aliphatic heterocycles. The molecule has 0 spiro atoms. The van der Waals surface area contributed by atoms with Gasteiger partial charge in [-0.3, -0.25) is 0 Å². The maximum absolute atomic E-state index is 5.69. The van der Waals surface area contributed by atoms with Crippen LogP contribution in [0.1, 0.15) is 36.7 Å². The molecule has 7 nitrogen and oxygen atoms in total. The molecule has 0 fully saturated rings. The Bertz CT molecular complexity index is 1260. The highest BCUT2D eigenvalue weighted by molar-refractivity contribution is 5.85. The smallest absolute Gasteiger partial charge is 0.224 e. The second kappa shape index (κ2) is 9.27. The molecule has 0 N–H and O–H groups in total. The highest BCUT2D eigenvalue weighted by atomic mass is 35.5. The molecule has 0 unspecified atom stereocenters. The molecular formula is C25H29ClN6O. The van der Waals surface area contributed by atoms with E-state index in [0.717, 1.165) is 48.2 Å². The van der Waals surface area contributed by atoms with E-state index in [0.29, 0.717) is 5.82 Å². The topological polar surface area (TPSA) is 61.0 Å². The Hall–Kier alpha value is -3.32. The maximum atomic E-state index is 5.69. The normalized spacial score (nSPS) is 13.1. The van der Waals surface area contributed by atoms with Gasteiger partial charge in [0, 0.05) is 24.8 Å². The van der Waals surface area contributed by atoms with Crippen LogP contribution in [0.5, 0.6) is 5.75 Å². The first-order valence-corrected chi connectivity index (χ1v) is 11.0. The number of aromatic nitrogens is 5. The number of imidazole rings is 1. The number of rotatable bonds is 5. The molecule has 0 saturated carbocycles. The van der Waals surface area contributed by atoms with Crippen LogP contribution in [0, 0.1) is 6.92 Å². The highest BCUT2D eigenvalue weighted by Gasteiger charge is 2.24. The van der Waals surface area contributed by atoms with Crippen molar-refractivity contribution in [2.24, 2.45) is 0 Å². The molecule has 0 atom stereocenters. The van der Waals surface area contributed by atoms with Crippen LogP contribution >= 0.6 is 12.4 Å². The van der Waals surface area contributed by atoms with Gasteiger partial charge in [0.1, 0.15) is 5.75 Å². The maximum Gasteiger partial charge on any atom is 0.224 e. The number of anilines is 1. The standard InChI is InChI=1S/C25H28N6O.ClH/c1-17(2)31-25(29-12-11-19-7-5-6-8-21(19)15-29)27-24(28-31)20-9-10-22(23(13-20)32-4)30-14-18(3)26-16-30;/h5-10,13-14,16-17H,11-12,15H2,1-4H3;1H. The number of halogens is 1. The number of fused-ring (bicyclic) bond motifs is 1. The van der Waals surface area contributed by atoms with Crippen molar-refractivity contribution in [2.75, 3.05) is 18.6 Å². The quantitative estimate of drug-likeness (QED) is 0.415. The third-order valence-corrected chi connectivity index (χ3v) is 5.94. The third-order valence-electron chi connectivity index (χ3n) is 5.94. The van der Waals surface area contributed by atoms with Crippen LogP contribution in [0.2, 0.25) is 0 Å². The lowest BCUT2D eigenvalue weighted by Crippen LogP contribution is -2.33. The molecule has 1 aliphatic rings. The average molecular weight is 465 g/mol. The van der Waals surface area contributed by atoms with Crippen molar-refractivity contribution in [1.29, 1.82) is 0 Å². The molecular weight excluding hydrogens is 436 g/mol. The number of hydrogen-bond donors (Lipinski definition) is 0. The fourth-order valence-electron chi connectivity index (χ4n) is 4.25. The van der Waals surface area contributed by atoms with Crippen LogP contribution in [0.25, 0.3) is 17.1 Å². The minimum absolute atomic E-state index is 0. The molecule has 0 saturated heterocycles. The summed E-state index contributed by atoms with van der Waals surface area (Å²) in [6.07, 6.45) is 4.80. The highest BCUT2D eigenvalue weighted by Crippen LogP contribution is 2.31. The van der Waals surface area contributed by atoms with E-state index in [-0.39, 0.29) is 18.4 Å². The van der Waals surface area contributed by atoms with Gasteiger partial charge < -0.3 is 14.2 Å². The summed E-state index contributed by atoms with van der Waals surface area (Å²) in [7, 11) is 1.68. The van der Waals surface area contributed by atoms with E-state index in [4.69, 9.17) is 14.8 Å². The van der Waals surface area contributed by atoms with Crippen molar-refractivity contribution in [1.82, 2.24) is 24.3 Å². The number of nitrogens with zero attached hydrogens (tertiary/aromatic N) is 6. The van der Waals surface area contributed by atoms with E-state index in [1.807, 2.05) is 40.6 Å². The predicted molar refractivity (Wildman–Crippen MR) is 133 cm³/mol. The Kier molecular flexibility index (Phi) is 6.42. The Morgan fingerprint density at radius 2 is 1.85 bits per heavy atom. The third kappa shape index (κ3) is 4.33. The summed E-state index contributed by atoms with van der Waals surface area (Å²) in [5.74, 6) is 2.38. The Morgan fingerprint density at radius 1 is 1.06 bits per heavy atom. The largest absolute Gasteiger partial charge is 0.495 e. The van der Waals surface area contributed by atoms with Gasteiger partial charge in [-0.25, -0.2) is 9.67 Å². The SMILES string of the molecule is COc1cc(-c2nc(N3CCc4ccccc4C3)n(C(C)C)n2)ccc1-n1cnc(C)c1.Cl. The second-order valence-electron chi connectivity index (χ2n) is 8.52. The molecule has 3 heterocycles. The summed E-state index contributed by atoms with van der Waals surface area (Å²) in [6.45, 7) is 8.05. The lowest BCUT2D eigenvalue weighted by atomic mass is 10.0. The fourth-order valence-corrected chi connectivity index (χ4v) is 4.25. The molecule has 33 heavy (non-hydrogen) atoms. The Morgan fingerprint density at radius 3 is 2.55 bits per heavy atom. The summed E-state index contributed by atoms with van der Waals surface area (Å²) in [5.41, 5.74) is 5.62. The zero-order chi connectivity index (χ0) is 22.2. The van der Waals surface area contributed by atoms with Gasteiger partial charge in [0.15, 0.2) is 5.82 Å². The van der Waals surface area contributed by atoms with E-state index < -0.39 is 0 Å². The first-order chi connectivity index (χ1) is 15.5. The molecule has 2 aromatic heterocycles. The lowest BCUT2D eigenvalue weighted by molar-refractivity contribution is 0.413. The van der Waals surface area contributed by atoms with Crippen molar-refractivity contribution < 1.29 is 4.74 Å². The van der Waals surface area contributed by atoms with Gasteiger partial charge in [-0.2, -0.15) is 4.98 Å². The molecule has 0 amide bonds. The van der Waals surface area contributed by atoms with Gasteiger partial charge >= 0.3 is 0 Å². The van der Waals surface area contributed by atoms with Crippen LogP contribution in [0.15, 0.2) is 55.0 Å². The minimum atomic E-state index is 0. The van der Waals surface area contributed by atoms with Crippen LogP contribution in [-0.4, -0.2) is 38.0 Å².